The third-order valence-electron chi connectivity index (χ3n) is 10.4. The zero-order valence-electron chi connectivity index (χ0n) is 36.8. The van der Waals surface area contributed by atoms with E-state index in [1.54, 1.807) is 0 Å². The van der Waals surface area contributed by atoms with Gasteiger partial charge in [0.15, 0.2) is 6.10 Å². The van der Waals surface area contributed by atoms with Crippen LogP contribution in [0.5, 0.6) is 0 Å². The summed E-state index contributed by atoms with van der Waals surface area (Å²) in [5, 5.41) is 18.4. The summed E-state index contributed by atoms with van der Waals surface area (Å²) in [4.78, 5) is 35.1. The van der Waals surface area contributed by atoms with E-state index in [1.807, 2.05) is 0 Å². The van der Waals surface area contributed by atoms with Crippen LogP contribution in [0.1, 0.15) is 232 Å². The van der Waals surface area contributed by atoms with Crippen molar-refractivity contribution in [2.45, 2.75) is 244 Å². The Morgan fingerprint density at radius 2 is 0.860 bits per heavy atom. The summed E-state index contributed by atoms with van der Waals surface area (Å²) in [5.41, 5.74) is 0. The molecule has 0 aromatic rings. The SMILES string of the molecule is CCCCCCCC/C=C\CCCCCCCC(=O)OC[C@H](COP(=O)(O)OC[C@@H](O)CO)OC(=O)CCCCCCCCCCCCCCCCCCCCC. The minimum absolute atomic E-state index is 0.189. The van der Waals surface area contributed by atoms with Gasteiger partial charge in [-0.25, -0.2) is 4.57 Å². The molecule has 0 aliphatic heterocycles. The molecule has 10 nitrogen and oxygen atoms in total. The van der Waals surface area contributed by atoms with Gasteiger partial charge >= 0.3 is 19.8 Å². The van der Waals surface area contributed by atoms with Gasteiger partial charge in [0.1, 0.15) is 12.7 Å². The average Bonchev–Trinajstić information content (AvgIpc) is 3.20. The second-order valence-electron chi connectivity index (χ2n) is 16.1. The van der Waals surface area contributed by atoms with Gasteiger partial charge in [-0.05, 0) is 38.5 Å². The molecule has 0 amide bonds. The number of hydrogen-bond donors (Lipinski definition) is 3. The number of esters is 2. The quantitative estimate of drug-likeness (QED) is 0.0234. The molecule has 3 atom stereocenters. The summed E-state index contributed by atoms with van der Waals surface area (Å²) in [5.74, 6) is -0.921. The molecule has 0 saturated heterocycles. The monoisotopic (exact) mass is 833 g/mol. The summed E-state index contributed by atoms with van der Waals surface area (Å²) < 4.78 is 32.8. The van der Waals surface area contributed by atoms with Crippen LogP contribution < -0.4 is 0 Å². The van der Waals surface area contributed by atoms with Crippen molar-refractivity contribution >= 4 is 19.8 Å². The van der Waals surface area contributed by atoms with Crippen LogP contribution in [0.4, 0.5) is 0 Å². The molecule has 57 heavy (non-hydrogen) atoms. The Bertz CT molecular complexity index is 961. The predicted octanol–water partition coefficient (Wildman–Crippen LogP) is 12.8. The Morgan fingerprint density at radius 3 is 1.26 bits per heavy atom. The molecule has 0 aromatic carbocycles. The first-order valence-electron chi connectivity index (χ1n) is 23.6. The summed E-state index contributed by atoms with van der Waals surface area (Å²) in [6.45, 7) is 2.41. The molecule has 11 heteroatoms. The topological polar surface area (TPSA) is 149 Å². The van der Waals surface area contributed by atoms with Crippen LogP contribution in [-0.2, 0) is 32.7 Å². The second-order valence-corrected chi connectivity index (χ2v) is 17.6. The maximum Gasteiger partial charge on any atom is 0.472 e. The first-order chi connectivity index (χ1) is 27.7. The van der Waals surface area contributed by atoms with Crippen molar-refractivity contribution in [3.05, 3.63) is 12.2 Å². The van der Waals surface area contributed by atoms with E-state index in [9.17, 15) is 24.2 Å². The molecule has 0 aromatic heterocycles. The van der Waals surface area contributed by atoms with Gasteiger partial charge in [0.2, 0.25) is 0 Å². The van der Waals surface area contributed by atoms with Gasteiger partial charge in [-0.1, -0.05) is 193 Å². The van der Waals surface area contributed by atoms with Crippen molar-refractivity contribution in [1.82, 2.24) is 0 Å². The third kappa shape index (κ3) is 42.6. The predicted molar refractivity (Wildman–Crippen MR) is 233 cm³/mol. The van der Waals surface area contributed by atoms with Crippen molar-refractivity contribution < 1.29 is 47.8 Å². The number of phosphoric acid groups is 1. The van der Waals surface area contributed by atoms with Crippen LogP contribution in [0.3, 0.4) is 0 Å². The first-order valence-corrected chi connectivity index (χ1v) is 25.1. The highest BCUT2D eigenvalue weighted by molar-refractivity contribution is 7.47. The van der Waals surface area contributed by atoms with Gasteiger partial charge in [0.25, 0.3) is 0 Å². The average molecular weight is 833 g/mol. The summed E-state index contributed by atoms with van der Waals surface area (Å²) in [6.07, 6.45) is 41.7. The molecule has 338 valence electrons. The highest BCUT2D eigenvalue weighted by Crippen LogP contribution is 2.43. The lowest BCUT2D eigenvalue weighted by Gasteiger charge is -2.20. The molecule has 0 rings (SSSR count). The minimum Gasteiger partial charge on any atom is -0.462 e. The molecular weight excluding hydrogens is 743 g/mol. The number of carbonyl (C=O) groups is 2. The smallest absolute Gasteiger partial charge is 0.462 e. The number of ether oxygens (including phenoxy) is 2. The normalized spacial score (nSPS) is 13.8. The van der Waals surface area contributed by atoms with E-state index in [4.69, 9.17) is 23.6 Å². The van der Waals surface area contributed by atoms with Crippen LogP contribution in [-0.4, -0.2) is 65.7 Å². The van der Waals surface area contributed by atoms with Gasteiger partial charge in [0.05, 0.1) is 19.8 Å². The Labute approximate surface area is 349 Å². The number of carbonyl (C=O) groups excluding carboxylic acids is 2. The number of hydrogen-bond acceptors (Lipinski definition) is 9. The van der Waals surface area contributed by atoms with Crippen molar-refractivity contribution in [2.75, 3.05) is 26.4 Å². The van der Waals surface area contributed by atoms with Crippen LogP contribution in [0.25, 0.3) is 0 Å². The molecular formula is C46H89O10P. The zero-order chi connectivity index (χ0) is 41.9. The third-order valence-corrected chi connectivity index (χ3v) is 11.4. The molecule has 0 aliphatic rings. The molecule has 0 saturated carbocycles. The van der Waals surface area contributed by atoms with E-state index in [0.29, 0.717) is 12.8 Å². The van der Waals surface area contributed by atoms with E-state index >= 15 is 0 Å². The molecule has 1 unspecified atom stereocenters. The molecule has 0 heterocycles. The zero-order valence-corrected chi connectivity index (χ0v) is 37.7. The van der Waals surface area contributed by atoms with Gasteiger partial charge in [-0.3, -0.25) is 18.6 Å². The number of unbranched alkanes of at least 4 members (excludes halogenated alkanes) is 29. The molecule has 0 bridgehead atoms. The Morgan fingerprint density at radius 1 is 0.509 bits per heavy atom. The molecule has 3 N–H and O–H groups in total. The molecule has 0 spiro atoms. The lowest BCUT2D eigenvalue weighted by Crippen LogP contribution is -2.29. The maximum atomic E-state index is 12.6. The van der Waals surface area contributed by atoms with E-state index in [-0.39, 0.29) is 19.4 Å². The summed E-state index contributed by atoms with van der Waals surface area (Å²) in [7, 11) is -4.62. The number of aliphatic hydroxyl groups is 2. The van der Waals surface area contributed by atoms with Crippen LogP contribution in [0, 0.1) is 0 Å². The van der Waals surface area contributed by atoms with Crippen LogP contribution >= 0.6 is 7.82 Å². The largest absolute Gasteiger partial charge is 0.472 e. The Balaban J connectivity index is 4.21. The lowest BCUT2D eigenvalue weighted by atomic mass is 10.0. The van der Waals surface area contributed by atoms with E-state index < -0.39 is 51.8 Å². The summed E-state index contributed by atoms with van der Waals surface area (Å²) >= 11 is 0. The lowest BCUT2D eigenvalue weighted by molar-refractivity contribution is -0.161. The van der Waals surface area contributed by atoms with Gasteiger partial charge < -0.3 is 24.6 Å². The van der Waals surface area contributed by atoms with Crippen LogP contribution in [0.2, 0.25) is 0 Å². The highest BCUT2D eigenvalue weighted by Gasteiger charge is 2.27. The van der Waals surface area contributed by atoms with Gasteiger partial charge in [-0.2, -0.15) is 0 Å². The van der Waals surface area contributed by atoms with Gasteiger partial charge in [-0.15, -0.1) is 0 Å². The van der Waals surface area contributed by atoms with E-state index in [2.05, 4.69) is 26.0 Å². The Hall–Kier alpha value is -1.29. The van der Waals surface area contributed by atoms with Crippen molar-refractivity contribution in [2.24, 2.45) is 0 Å². The number of phosphoric ester groups is 1. The standard InChI is InChI=1S/C46H89O10P/c1-3-5-7-9-11-13-15-17-19-20-21-22-24-26-28-30-32-34-36-38-46(50)56-44(42-55-57(51,52)54-40-43(48)39-47)41-53-45(49)37-35-33-31-29-27-25-23-18-16-14-12-10-8-6-4-2/h18,23,43-44,47-48H,3-17,19-22,24-42H2,1-2H3,(H,51,52)/b23-18-/t43-,44+/m0/s1. The highest BCUT2D eigenvalue weighted by atomic mass is 31.2. The van der Waals surface area contributed by atoms with E-state index in [0.717, 1.165) is 51.4 Å². The van der Waals surface area contributed by atoms with Crippen LogP contribution in [0.15, 0.2) is 12.2 Å². The summed E-state index contributed by atoms with van der Waals surface area (Å²) in [6, 6.07) is 0. The second kappa shape index (κ2) is 42.8. The molecule has 0 fully saturated rings. The van der Waals surface area contributed by atoms with Crippen molar-refractivity contribution in [1.29, 1.82) is 0 Å². The fourth-order valence-corrected chi connectivity index (χ4v) is 7.54. The number of aliphatic hydroxyl groups excluding tert-OH is 2. The molecule has 0 radical (unpaired) electrons. The van der Waals surface area contributed by atoms with Crippen molar-refractivity contribution in [3.8, 4) is 0 Å². The fraction of sp³-hybridized carbons (Fsp3) is 0.913. The fourth-order valence-electron chi connectivity index (χ4n) is 6.75. The number of rotatable bonds is 45. The molecule has 0 aliphatic carbocycles. The van der Waals surface area contributed by atoms with Gasteiger partial charge in [0, 0.05) is 12.8 Å². The van der Waals surface area contributed by atoms with E-state index in [1.165, 1.54) is 141 Å². The van der Waals surface area contributed by atoms with Crippen molar-refractivity contribution in [3.63, 3.8) is 0 Å². The minimum atomic E-state index is -4.62. The Kier molecular flexibility index (Phi) is 41.9. The maximum absolute atomic E-state index is 12.6. The first kappa shape index (κ1) is 55.7. The number of allylic oxidation sites excluding steroid dienone is 2.